The molecule has 5 fully saturated rings. The third-order valence-corrected chi connectivity index (χ3v) is 12.7. The zero-order valence-corrected chi connectivity index (χ0v) is 24.4. The fourth-order valence-corrected chi connectivity index (χ4v) is 9.99. The van der Waals surface area contributed by atoms with Crippen molar-refractivity contribution in [2.75, 3.05) is 46.4 Å². The Kier molecular flexibility index (Phi) is 9.07. The molecule has 4 saturated heterocycles. The standard InChI is InChI=1S/C27H48N6O5S/c1-18-25(26(35)31-11-7-19(16-31)17-34)24-15-21(10-14-33(24)30-18)20-8-12-32(13-9-20)39(37,38)23-5-3-22(4-6-23)29-27(36)28-2/h18-25,30,34H,3-17H2,1-2H3,(H2,28,29,36). The minimum absolute atomic E-state index is 0.0399. The maximum atomic E-state index is 13.5. The van der Waals surface area contributed by atoms with Crippen molar-refractivity contribution in [2.24, 2.45) is 23.7 Å². The number of carbonyl (C=O) groups is 2. The number of hydrogen-bond donors (Lipinski definition) is 4. The van der Waals surface area contributed by atoms with E-state index in [9.17, 15) is 23.1 Å². The third-order valence-electron chi connectivity index (χ3n) is 10.3. The van der Waals surface area contributed by atoms with Gasteiger partial charge in [-0.2, -0.15) is 0 Å². The van der Waals surface area contributed by atoms with E-state index in [0.29, 0.717) is 57.2 Å². The van der Waals surface area contributed by atoms with Gasteiger partial charge in [0.25, 0.3) is 0 Å². The number of aliphatic hydroxyl groups is 1. The van der Waals surface area contributed by atoms with Gasteiger partial charge in [-0.05, 0) is 76.5 Å². The van der Waals surface area contributed by atoms with Crippen molar-refractivity contribution in [3.05, 3.63) is 0 Å². The topological polar surface area (TPSA) is 134 Å². The highest BCUT2D eigenvalue weighted by atomic mass is 32.2. The van der Waals surface area contributed by atoms with Crippen molar-refractivity contribution in [2.45, 2.75) is 88.1 Å². The van der Waals surface area contributed by atoms with E-state index in [1.807, 2.05) is 4.90 Å². The van der Waals surface area contributed by atoms with E-state index < -0.39 is 10.0 Å². The number of fused-ring (bicyclic) bond motifs is 1. The average Bonchev–Trinajstić information content (AvgIpc) is 3.56. The lowest BCUT2D eigenvalue weighted by Crippen LogP contribution is -2.50. The molecule has 0 aromatic heterocycles. The molecule has 0 aromatic carbocycles. The molecule has 11 nitrogen and oxygen atoms in total. The van der Waals surface area contributed by atoms with Crippen LogP contribution in [0.5, 0.6) is 0 Å². The molecule has 5 aliphatic rings. The minimum Gasteiger partial charge on any atom is -0.396 e. The highest BCUT2D eigenvalue weighted by molar-refractivity contribution is 7.89. The Morgan fingerprint density at radius 2 is 1.64 bits per heavy atom. The fraction of sp³-hybridized carbons (Fsp3) is 0.926. The highest BCUT2D eigenvalue weighted by Crippen LogP contribution is 2.41. The number of amides is 3. The molecular formula is C27H48N6O5S. The Morgan fingerprint density at radius 1 is 0.949 bits per heavy atom. The van der Waals surface area contributed by atoms with Gasteiger partial charge in [0, 0.05) is 70.4 Å². The molecule has 5 rings (SSSR count). The van der Waals surface area contributed by atoms with Gasteiger partial charge in [-0.15, -0.1) is 0 Å². The van der Waals surface area contributed by atoms with Crippen molar-refractivity contribution in [3.8, 4) is 0 Å². The van der Waals surface area contributed by atoms with Crippen LogP contribution in [-0.2, 0) is 14.8 Å². The van der Waals surface area contributed by atoms with Crippen LogP contribution in [0.4, 0.5) is 4.79 Å². The Hall–Kier alpha value is -1.47. The van der Waals surface area contributed by atoms with Crippen molar-refractivity contribution < 1.29 is 23.1 Å². The molecule has 4 aliphatic heterocycles. The van der Waals surface area contributed by atoms with Crippen molar-refractivity contribution in [1.82, 2.24) is 30.3 Å². The van der Waals surface area contributed by atoms with Gasteiger partial charge < -0.3 is 20.6 Å². The van der Waals surface area contributed by atoms with Gasteiger partial charge in [0.05, 0.1) is 11.2 Å². The number of piperidine rings is 2. The van der Waals surface area contributed by atoms with E-state index in [1.54, 1.807) is 11.4 Å². The van der Waals surface area contributed by atoms with Crippen LogP contribution < -0.4 is 16.1 Å². The summed E-state index contributed by atoms with van der Waals surface area (Å²) < 4.78 is 28.6. The van der Waals surface area contributed by atoms with Crippen LogP contribution in [-0.4, -0.2) is 109 Å². The normalized spacial score (nSPS) is 37.0. The summed E-state index contributed by atoms with van der Waals surface area (Å²) in [5, 5.41) is 16.9. The number of hydrogen-bond acceptors (Lipinski definition) is 7. The van der Waals surface area contributed by atoms with Gasteiger partial charge in [0.1, 0.15) is 0 Å². The summed E-state index contributed by atoms with van der Waals surface area (Å²) in [5.74, 6) is 1.35. The number of nitrogens with one attached hydrogen (secondary N) is 3. The summed E-state index contributed by atoms with van der Waals surface area (Å²) in [6, 6.07) is 0.111. The molecule has 12 heteroatoms. The van der Waals surface area contributed by atoms with Crippen LogP contribution in [0.2, 0.25) is 0 Å². The van der Waals surface area contributed by atoms with Gasteiger partial charge in [0.15, 0.2) is 0 Å². The molecule has 4 heterocycles. The fourth-order valence-electron chi connectivity index (χ4n) is 7.98. The van der Waals surface area contributed by atoms with E-state index in [0.717, 1.165) is 45.2 Å². The number of urea groups is 1. The lowest BCUT2D eigenvalue weighted by atomic mass is 9.74. The first-order chi connectivity index (χ1) is 18.7. The molecule has 222 valence electrons. The summed E-state index contributed by atoms with van der Waals surface area (Å²) in [4.78, 5) is 27.1. The smallest absolute Gasteiger partial charge is 0.314 e. The lowest BCUT2D eigenvalue weighted by molar-refractivity contribution is -0.136. The number of likely N-dealkylation sites (tertiary alicyclic amines) is 1. The molecule has 0 bridgehead atoms. The van der Waals surface area contributed by atoms with E-state index >= 15 is 0 Å². The second-order valence-corrected chi connectivity index (χ2v) is 14.8. The molecule has 0 radical (unpaired) electrons. The van der Waals surface area contributed by atoms with Crippen LogP contribution >= 0.6 is 0 Å². The van der Waals surface area contributed by atoms with Crippen LogP contribution in [0.15, 0.2) is 0 Å². The Balaban J connectivity index is 1.13. The number of carbonyl (C=O) groups excluding carboxylic acids is 2. The number of rotatable bonds is 6. The van der Waals surface area contributed by atoms with Crippen molar-refractivity contribution >= 4 is 22.0 Å². The predicted molar refractivity (Wildman–Crippen MR) is 148 cm³/mol. The molecule has 0 spiro atoms. The first kappa shape index (κ1) is 29.0. The second kappa shape index (κ2) is 12.2. The second-order valence-electron chi connectivity index (χ2n) is 12.6. The number of hydrazine groups is 1. The molecule has 3 amide bonds. The Labute approximate surface area is 233 Å². The van der Waals surface area contributed by atoms with Crippen LogP contribution in [0, 0.1) is 23.7 Å². The number of aliphatic hydroxyl groups excluding tert-OH is 1. The zero-order valence-electron chi connectivity index (χ0n) is 23.6. The van der Waals surface area contributed by atoms with Crippen molar-refractivity contribution in [3.63, 3.8) is 0 Å². The maximum absolute atomic E-state index is 13.5. The maximum Gasteiger partial charge on any atom is 0.314 e. The summed E-state index contributed by atoms with van der Waals surface area (Å²) in [7, 11) is -1.75. The molecule has 5 unspecified atom stereocenters. The largest absolute Gasteiger partial charge is 0.396 e. The van der Waals surface area contributed by atoms with Gasteiger partial charge in [-0.1, -0.05) is 0 Å². The van der Waals surface area contributed by atoms with E-state index in [4.69, 9.17) is 0 Å². The monoisotopic (exact) mass is 568 g/mol. The van der Waals surface area contributed by atoms with Crippen LogP contribution in [0.1, 0.15) is 64.7 Å². The van der Waals surface area contributed by atoms with Gasteiger partial charge in [-0.25, -0.2) is 22.5 Å². The summed E-state index contributed by atoms with van der Waals surface area (Å²) >= 11 is 0. The minimum atomic E-state index is -3.34. The summed E-state index contributed by atoms with van der Waals surface area (Å²) in [6.45, 7) is 5.75. The summed E-state index contributed by atoms with van der Waals surface area (Å²) in [5.41, 5.74) is 3.56. The highest BCUT2D eigenvalue weighted by Gasteiger charge is 2.49. The third kappa shape index (κ3) is 6.10. The molecule has 4 N–H and O–H groups in total. The van der Waals surface area contributed by atoms with Gasteiger partial charge in [0.2, 0.25) is 15.9 Å². The first-order valence-electron chi connectivity index (χ1n) is 15.1. The Bertz CT molecular complexity index is 981. The van der Waals surface area contributed by atoms with E-state index in [-0.39, 0.29) is 53.8 Å². The molecule has 5 atom stereocenters. The SMILES string of the molecule is CNC(=O)NC1CCC(S(=O)(=O)N2CCC(C3CCN4NC(C)C(C(=O)N5CCC(CO)C5)C4C3)CC2)CC1. The van der Waals surface area contributed by atoms with Crippen molar-refractivity contribution in [1.29, 1.82) is 0 Å². The molecule has 1 saturated carbocycles. The van der Waals surface area contributed by atoms with Gasteiger partial charge in [-0.3, -0.25) is 10.2 Å². The Morgan fingerprint density at radius 3 is 2.28 bits per heavy atom. The van der Waals surface area contributed by atoms with Crippen LogP contribution in [0.25, 0.3) is 0 Å². The quantitative estimate of drug-likeness (QED) is 0.371. The first-order valence-corrected chi connectivity index (χ1v) is 16.6. The lowest BCUT2D eigenvalue weighted by Gasteiger charge is -2.43. The zero-order chi connectivity index (χ0) is 27.7. The van der Waals surface area contributed by atoms with E-state index in [1.165, 1.54) is 0 Å². The molecule has 1 aliphatic carbocycles. The summed E-state index contributed by atoms with van der Waals surface area (Å²) in [6.07, 6.45) is 7.27. The van der Waals surface area contributed by atoms with Crippen LogP contribution in [0.3, 0.4) is 0 Å². The molecule has 39 heavy (non-hydrogen) atoms. The van der Waals surface area contributed by atoms with E-state index in [2.05, 4.69) is 28.0 Å². The molecular weight excluding hydrogens is 520 g/mol. The molecule has 0 aromatic rings. The average molecular weight is 569 g/mol. The van der Waals surface area contributed by atoms with Gasteiger partial charge >= 0.3 is 6.03 Å². The number of sulfonamides is 1. The number of nitrogens with zero attached hydrogens (tertiary/aromatic N) is 3. The predicted octanol–water partition coefficient (Wildman–Crippen LogP) is 0.713.